The lowest BCUT2D eigenvalue weighted by molar-refractivity contribution is -0.141. The van der Waals surface area contributed by atoms with Crippen molar-refractivity contribution in [1.82, 2.24) is 9.80 Å². The van der Waals surface area contributed by atoms with E-state index in [9.17, 15) is 14.4 Å². The highest BCUT2D eigenvalue weighted by Crippen LogP contribution is 2.53. The van der Waals surface area contributed by atoms with Crippen LogP contribution in [0.1, 0.15) is 6.92 Å². The van der Waals surface area contributed by atoms with Crippen LogP contribution in [0.5, 0.6) is 0 Å². The number of ether oxygens (including phenoxy) is 2. The van der Waals surface area contributed by atoms with E-state index in [2.05, 4.69) is 0 Å². The monoisotopic (exact) mass is 411 g/mol. The molecule has 0 N–H and O–H groups in total. The van der Waals surface area contributed by atoms with Crippen molar-refractivity contribution in [3.8, 4) is 0 Å². The number of anilines is 1. The number of nitrogens with zero attached hydrogens (tertiary/aromatic N) is 3. The minimum absolute atomic E-state index is 0.0587. The summed E-state index contributed by atoms with van der Waals surface area (Å²) in [6.45, 7) is 4.25. The molecule has 5 rings (SSSR count). The highest BCUT2D eigenvalue weighted by atomic mass is 16.6. The lowest BCUT2D eigenvalue weighted by Gasteiger charge is -2.36. The summed E-state index contributed by atoms with van der Waals surface area (Å²) in [7, 11) is 0. The number of carbonyl (C=O) groups is 3. The quantitative estimate of drug-likeness (QED) is 0.700. The number of hydrogen-bond donors (Lipinski definition) is 0. The fraction of sp³-hybridized carbons (Fsp3) is 0.500. The molecule has 3 amide bonds. The van der Waals surface area contributed by atoms with E-state index >= 15 is 0 Å². The van der Waals surface area contributed by atoms with Crippen molar-refractivity contribution >= 4 is 23.6 Å². The molecule has 158 valence electrons. The third-order valence-corrected chi connectivity index (χ3v) is 6.57. The van der Waals surface area contributed by atoms with E-state index in [1.54, 1.807) is 21.6 Å². The molecule has 0 saturated carbocycles. The Balaban J connectivity index is 1.33. The van der Waals surface area contributed by atoms with Gasteiger partial charge in [-0.25, -0.2) is 4.79 Å². The highest BCUT2D eigenvalue weighted by molar-refractivity contribution is 6.03. The largest absolute Gasteiger partial charge is 0.450 e. The van der Waals surface area contributed by atoms with E-state index in [0.717, 1.165) is 5.69 Å². The zero-order valence-corrected chi connectivity index (χ0v) is 16.9. The Labute approximate surface area is 175 Å². The molecule has 4 aliphatic rings. The van der Waals surface area contributed by atoms with Crippen molar-refractivity contribution in [2.24, 2.45) is 11.8 Å². The van der Waals surface area contributed by atoms with Crippen LogP contribution >= 0.6 is 0 Å². The summed E-state index contributed by atoms with van der Waals surface area (Å²) in [6, 6.07) is 9.50. The molecule has 4 heterocycles. The SMILES string of the molecule is CCOC(=O)N1CCN(C(=O)[C@@H]2[C@H]3C=C[C@]4(CN(c5ccccc5)C(=O)[C@@H]24)O3)CC1. The molecule has 4 atom stereocenters. The molecule has 0 aromatic heterocycles. The average Bonchev–Trinajstić information content (AvgIpc) is 3.42. The zero-order valence-electron chi connectivity index (χ0n) is 16.9. The fourth-order valence-electron chi connectivity index (χ4n) is 5.14. The maximum atomic E-state index is 13.4. The summed E-state index contributed by atoms with van der Waals surface area (Å²) in [5, 5.41) is 0. The predicted molar refractivity (Wildman–Crippen MR) is 108 cm³/mol. The maximum Gasteiger partial charge on any atom is 0.409 e. The van der Waals surface area contributed by atoms with E-state index in [1.807, 2.05) is 42.5 Å². The van der Waals surface area contributed by atoms with Crippen molar-refractivity contribution in [3.05, 3.63) is 42.5 Å². The molecule has 2 bridgehead atoms. The Hall–Kier alpha value is -2.87. The van der Waals surface area contributed by atoms with Gasteiger partial charge in [-0.3, -0.25) is 9.59 Å². The van der Waals surface area contributed by atoms with Crippen LogP contribution in [0.25, 0.3) is 0 Å². The van der Waals surface area contributed by atoms with Crippen molar-refractivity contribution in [2.45, 2.75) is 18.6 Å². The van der Waals surface area contributed by atoms with Gasteiger partial charge < -0.3 is 24.2 Å². The Morgan fingerprint density at radius 3 is 2.53 bits per heavy atom. The second-order valence-corrected chi connectivity index (χ2v) is 8.17. The van der Waals surface area contributed by atoms with Gasteiger partial charge in [0.05, 0.1) is 31.1 Å². The first kappa shape index (κ1) is 19.1. The van der Waals surface area contributed by atoms with Crippen LogP contribution in [-0.4, -0.2) is 78.7 Å². The standard InChI is InChI=1S/C22H25N3O5/c1-2-29-21(28)24-12-10-23(11-13-24)19(26)17-16-8-9-22(30-16)14-25(20(27)18(17)22)15-6-4-3-5-7-15/h3-9,16-18H,2,10-14H2,1H3/t16-,17-,18-,22-/m1/s1. The number of rotatable bonds is 3. The average molecular weight is 411 g/mol. The first-order valence-electron chi connectivity index (χ1n) is 10.5. The van der Waals surface area contributed by atoms with Crippen LogP contribution in [0.2, 0.25) is 0 Å². The number of para-hydroxylation sites is 1. The van der Waals surface area contributed by atoms with E-state index in [-0.39, 0.29) is 24.0 Å². The van der Waals surface area contributed by atoms with Crippen LogP contribution in [0.3, 0.4) is 0 Å². The van der Waals surface area contributed by atoms with Gasteiger partial charge in [-0.2, -0.15) is 0 Å². The molecule has 8 nitrogen and oxygen atoms in total. The van der Waals surface area contributed by atoms with Gasteiger partial charge in [0.2, 0.25) is 11.8 Å². The number of piperazine rings is 1. The molecular weight excluding hydrogens is 386 g/mol. The van der Waals surface area contributed by atoms with Crippen molar-refractivity contribution in [2.75, 3.05) is 44.2 Å². The minimum atomic E-state index is -0.731. The Morgan fingerprint density at radius 1 is 1.13 bits per heavy atom. The second kappa shape index (κ2) is 7.12. The Morgan fingerprint density at radius 2 is 1.83 bits per heavy atom. The van der Waals surface area contributed by atoms with Gasteiger partial charge in [0, 0.05) is 31.9 Å². The lowest BCUT2D eigenvalue weighted by atomic mass is 9.76. The molecule has 1 aromatic rings. The topological polar surface area (TPSA) is 79.4 Å². The zero-order chi connectivity index (χ0) is 20.9. The predicted octanol–water partition coefficient (Wildman–Crippen LogP) is 1.27. The molecule has 1 spiro atoms. The van der Waals surface area contributed by atoms with Crippen molar-refractivity contribution < 1.29 is 23.9 Å². The number of amides is 3. The van der Waals surface area contributed by atoms with Gasteiger partial charge in [-0.05, 0) is 19.1 Å². The molecule has 0 radical (unpaired) electrons. The van der Waals surface area contributed by atoms with E-state index in [4.69, 9.17) is 9.47 Å². The lowest BCUT2D eigenvalue weighted by Crippen LogP contribution is -2.54. The fourth-order valence-corrected chi connectivity index (χ4v) is 5.14. The van der Waals surface area contributed by atoms with Crippen LogP contribution in [0, 0.1) is 11.8 Å². The van der Waals surface area contributed by atoms with Crippen LogP contribution in [-0.2, 0) is 19.1 Å². The number of fused-ring (bicyclic) bond motifs is 1. The van der Waals surface area contributed by atoms with Crippen LogP contribution < -0.4 is 4.90 Å². The minimum Gasteiger partial charge on any atom is -0.450 e. The molecule has 4 aliphatic heterocycles. The van der Waals surface area contributed by atoms with E-state index in [1.165, 1.54) is 0 Å². The molecule has 30 heavy (non-hydrogen) atoms. The summed E-state index contributed by atoms with van der Waals surface area (Å²) in [6.07, 6.45) is 3.17. The van der Waals surface area contributed by atoms with Gasteiger partial charge in [-0.15, -0.1) is 0 Å². The van der Waals surface area contributed by atoms with Crippen LogP contribution in [0.4, 0.5) is 10.5 Å². The smallest absolute Gasteiger partial charge is 0.409 e. The van der Waals surface area contributed by atoms with Crippen molar-refractivity contribution in [3.63, 3.8) is 0 Å². The highest BCUT2D eigenvalue weighted by Gasteiger charge is 2.67. The molecule has 3 fully saturated rings. The van der Waals surface area contributed by atoms with Gasteiger partial charge in [0.15, 0.2) is 0 Å². The summed E-state index contributed by atoms with van der Waals surface area (Å²) < 4.78 is 11.3. The Kier molecular flexibility index (Phi) is 4.54. The van der Waals surface area contributed by atoms with Gasteiger partial charge in [0.25, 0.3) is 0 Å². The summed E-state index contributed by atoms with van der Waals surface area (Å²) >= 11 is 0. The first-order chi connectivity index (χ1) is 14.5. The number of carbonyl (C=O) groups excluding carboxylic acids is 3. The third kappa shape index (κ3) is 2.81. The molecule has 0 aliphatic carbocycles. The molecule has 8 heteroatoms. The summed E-state index contributed by atoms with van der Waals surface area (Å²) in [5.74, 6) is -1.16. The van der Waals surface area contributed by atoms with E-state index < -0.39 is 17.4 Å². The maximum absolute atomic E-state index is 13.4. The number of hydrogen-bond acceptors (Lipinski definition) is 5. The number of benzene rings is 1. The summed E-state index contributed by atoms with van der Waals surface area (Å²) in [4.78, 5) is 43.8. The third-order valence-electron chi connectivity index (χ3n) is 6.57. The molecule has 3 saturated heterocycles. The van der Waals surface area contributed by atoms with Crippen LogP contribution in [0.15, 0.2) is 42.5 Å². The van der Waals surface area contributed by atoms with Gasteiger partial charge >= 0.3 is 6.09 Å². The molecular formula is C22H25N3O5. The normalized spacial score (nSPS) is 32.0. The van der Waals surface area contributed by atoms with Gasteiger partial charge in [-0.1, -0.05) is 30.4 Å². The molecule has 0 unspecified atom stereocenters. The van der Waals surface area contributed by atoms with E-state index in [0.29, 0.717) is 39.3 Å². The Bertz CT molecular complexity index is 895. The van der Waals surface area contributed by atoms with Gasteiger partial charge in [0.1, 0.15) is 5.60 Å². The van der Waals surface area contributed by atoms with Crippen molar-refractivity contribution in [1.29, 1.82) is 0 Å². The second-order valence-electron chi connectivity index (χ2n) is 8.17. The summed E-state index contributed by atoms with van der Waals surface area (Å²) in [5.41, 5.74) is 0.0889. The first-order valence-corrected chi connectivity index (χ1v) is 10.5. The molecule has 1 aromatic carbocycles.